The highest BCUT2D eigenvalue weighted by atomic mass is 36.0. The summed E-state index contributed by atoms with van der Waals surface area (Å²) in [5, 5.41) is 5.71. The van der Waals surface area contributed by atoms with E-state index in [1.807, 2.05) is 13.8 Å². The molecule has 1 aliphatic rings. The van der Waals surface area contributed by atoms with Crippen LogP contribution in [0.4, 0.5) is 0 Å². The van der Waals surface area contributed by atoms with E-state index in [2.05, 4.69) is 48.9 Å². The zero-order valence-corrected chi connectivity index (χ0v) is 21.0. The first-order valence-electron chi connectivity index (χ1n) is 8.92. The van der Waals surface area contributed by atoms with Gasteiger partial charge in [0.1, 0.15) is 16.1 Å². The normalized spacial score (nSPS) is 12.8. The molecule has 0 amide bonds. The number of aryl methyl sites for hydroxylation is 2. The van der Waals surface area contributed by atoms with Crippen molar-refractivity contribution in [2.75, 3.05) is 0 Å². The van der Waals surface area contributed by atoms with Gasteiger partial charge in [0.25, 0.3) is 5.91 Å². The summed E-state index contributed by atoms with van der Waals surface area (Å²) in [4.78, 5) is 26.6. The Kier molecular flexibility index (Phi) is 11.1. The van der Waals surface area contributed by atoms with Crippen LogP contribution < -0.4 is 0 Å². The molecule has 0 aliphatic carbocycles. The van der Waals surface area contributed by atoms with Crippen molar-refractivity contribution in [3.05, 3.63) is 45.6 Å². The van der Waals surface area contributed by atoms with Crippen LogP contribution in [0.25, 0.3) is 5.65 Å². The molecule has 0 bridgehead atoms. The Bertz CT molecular complexity index is 1150. The fraction of sp³-hybridized carbons (Fsp3) is 0.389. The third-order valence-electron chi connectivity index (χ3n) is 4.14. The quantitative estimate of drug-likeness (QED) is 0.197. The number of carbonyl (C=O) groups excluding carboxylic acids is 2. The molecule has 8 nitrogen and oxygen atoms in total. The highest BCUT2D eigenvalue weighted by molar-refractivity contribution is 8.24. The van der Waals surface area contributed by atoms with Gasteiger partial charge in [0, 0.05) is 18.1 Å². The number of aromatic nitrogens is 5. The molecule has 0 atom stereocenters. The Morgan fingerprint density at radius 2 is 1.56 bits per heavy atom. The molecule has 0 saturated carbocycles. The molecule has 0 aromatic carbocycles. The van der Waals surface area contributed by atoms with Crippen LogP contribution in [-0.2, 0) is 28.6 Å². The number of hydrogen-bond donors (Lipinski definition) is 0. The Balaban J connectivity index is 0.000000259. The van der Waals surface area contributed by atoms with Crippen LogP contribution >= 0.6 is 62.1 Å². The minimum absolute atomic E-state index is 0. The predicted molar refractivity (Wildman–Crippen MR) is 130 cm³/mol. The average Bonchev–Trinajstić information content (AvgIpc) is 3.24. The number of fused-ring (bicyclic) bond motifs is 2. The van der Waals surface area contributed by atoms with Crippen molar-refractivity contribution in [2.24, 2.45) is 0 Å². The van der Waals surface area contributed by atoms with E-state index < -0.39 is 5.20 Å². The molecule has 3 aromatic rings. The maximum Gasteiger partial charge on any atom is 0.339 e. The molecule has 32 heavy (non-hydrogen) atoms. The molecule has 3 aromatic heterocycles. The van der Waals surface area contributed by atoms with E-state index in [0.717, 1.165) is 35.3 Å². The number of hydrogen-bond acceptors (Lipinski definition) is 6. The summed E-state index contributed by atoms with van der Waals surface area (Å²) in [6, 6.07) is 1.57. The van der Waals surface area contributed by atoms with E-state index in [1.165, 1.54) is 4.68 Å². The molecule has 0 N–H and O–H groups in total. The summed E-state index contributed by atoms with van der Waals surface area (Å²) in [7, 11) is 0. The largest absolute Gasteiger partial charge is 0.339 e. The number of nitrogens with zero attached hydrogens (tertiary/aromatic N) is 5. The first kappa shape index (κ1) is 28.9. The van der Waals surface area contributed by atoms with Gasteiger partial charge in [-0.1, -0.05) is 44.5 Å². The van der Waals surface area contributed by atoms with Crippen molar-refractivity contribution in [3.8, 4) is 0 Å². The molecule has 0 saturated heterocycles. The second-order valence-electron chi connectivity index (χ2n) is 6.23. The summed E-state index contributed by atoms with van der Waals surface area (Å²) in [5.41, 5.74) is 3.56. The Labute approximate surface area is 209 Å². The highest BCUT2D eigenvalue weighted by Gasteiger charge is 2.25. The smallest absolute Gasteiger partial charge is 0.299 e. The van der Waals surface area contributed by atoms with Crippen LogP contribution in [0.5, 0.6) is 0 Å². The number of carbonyl (C=O) groups is 2. The van der Waals surface area contributed by atoms with Crippen LogP contribution in [-0.4, -0.2) is 36.1 Å². The first-order valence-corrected chi connectivity index (χ1v) is 14.1. The molecule has 1 aliphatic heterocycles. The maximum atomic E-state index is 11.3. The van der Waals surface area contributed by atoms with Gasteiger partial charge in [-0.15, -0.1) is 0 Å². The monoisotopic (exact) mass is 561 g/mol. The van der Waals surface area contributed by atoms with Gasteiger partial charge in [-0.05, 0) is 52.1 Å². The third-order valence-corrected chi connectivity index (χ3v) is 4.60. The first-order chi connectivity index (χ1) is 14.4. The highest BCUT2D eigenvalue weighted by Crippen LogP contribution is 2.61. The van der Waals surface area contributed by atoms with Gasteiger partial charge in [-0.3, -0.25) is 14.2 Å². The second kappa shape index (κ2) is 12.4. The number of halogens is 5. The van der Waals surface area contributed by atoms with Gasteiger partial charge in [-0.2, -0.15) is 10.2 Å². The summed E-state index contributed by atoms with van der Waals surface area (Å²) < 4.78 is 12.4. The SMILES string of the molecule is C.CCc1cnn2c(Cl)cc(Cl)nc12.CCc1cnn2c1CC(=O)CC2=O.O=P(Cl)(Cl)Cl. The van der Waals surface area contributed by atoms with Gasteiger partial charge in [-0.25, -0.2) is 14.2 Å². The molecule has 4 rings (SSSR count). The minimum Gasteiger partial charge on any atom is -0.299 e. The van der Waals surface area contributed by atoms with Crippen molar-refractivity contribution in [1.29, 1.82) is 0 Å². The van der Waals surface area contributed by atoms with Crippen molar-refractivity contribution < 1.29 is 14.2 Å². The maximum absolute atomic E-state index is 11.3. The van der Waals surface area contributed by atoms with Crippen molar-refractivity contribution in [2.45, 2.75) is 47.0 Å². The van der Waals surface area contributed by atoms with Gasteiger partial charge in [0.15, 0.2) is 5.65 Å². The molecule has 176 valence electrons. The Morgan fingerprint density at radius 3 is 2.12 bits per heavy atom. The molecule has 0 unspecified atom stereocenters. The van der Waals surface area contributed by atoms with E-state index in [1.54, 1.807) is 23.0 Å². The molecule has 0 fully saturated rings. The van der Waals surface area contributed by atoms with Gasteiger partial charge in [0.2, 0.25) is 0 Å². The van der Waals surface area contributed by atoms with Crippen LogP contribution in [0.15, 0.2) is 18.5 Å². The van der Waals surface area contributed by atoms with Crippen molar-refractivity contribution >= 4 is 79.5 Å². The van der Waals surface area contributed by atoms with Crippen molar-refractivity contribution in [3.63, 3.8) is 0 Å². The molecular weight excluding hydrogens is 542 g/mol. The summed E-state index contributed by atoms with van der Waals surface area (Å²) in [6.45, 7) is 4.02. The number of Topliss-reactive ketones (excluding diaryl/α,β-unsaturated/α-hetero) is 1. The lowest BCUT2D eigenvalue weighted by atomic mass is 10.0. The summed E-state index contributed by atoms with van der Waals surface area (Å²) in [5.74, 6) is -0.210. The van der Waals surface area contributed by atoms with E-state index in [4.69, 9.17) is 23.2 Å². The minimum atomic E-state index is -3.22. The molecule has 0 radical (unpaired) electrons. The van der Waals surface area contributed by atoms with E-state index >= 15 is 0 Å². The van der Waals surface area contributed by atoms with E-state index in [9.17, 15) is 14.2 Å². The van der Waals surface area contributed by atoms with E-state index in [-0.39, 0.29) is 25.5 Å². The number of rotatable bonds is 2. The zero-order chi connectivity index (χ0) is 23.3. The van der Waals surface area contributed by atoms with Gasteiger partial charge in [0.05, 0.1) is 24.5 Å². The zero-order valence-electron chi connectivity index (χ0n) is 16.4. The Hall–Kier alpha value is -1.15. The fourth-order valence-corrected chi connectivity index (χ4v) is 3.26. The third kappa shape index (κ3) is 8.01. The van der Waals surface area contributed by atoms with E-state index in [0.29, 0.717) is 16.7 Å². The lowest BCUT2D eigenvalue weighted by Gasteiger charge is -2.11. The van der Waals surface area contributed by atoms with Crippen LogP contribution in [0.1, 0.15) is 49.3 Å². The van der Waals surface area contributed by atoms with Crippen LogP contribution in [0.2, 0.25) is 10.3 Å². The lowest BCUT2D eigenvalue weighted by Crippen LogP contribution is -2.27. The van der Waals surface area contributed by atoms with Crippen molar-refractivity contribution in [1.82, 2.24) is 24.4 Å². The second-order valence-corrected chi connectivity index (χ2v) is 13.6. The topological polar surface area (TPSA) is 99.2 Å². The lowest BCUT2D eigenvalue weighted by molar-refractivity contribution is -0.118. The fourth-order valence-electron chi connectivity index (χ4n) is 2.79. The van der Waals surface area contributed by atoms with Gasteiger partial charge >= 0.3 is 5.20 Å². The van der Waals surface area contributed by atoms with Gasteiger partial charge < -0.3 is 0 Å². The average molecular weight is 564 g/mol. The molecule has 0 spiro atoms. The van der Waals surface area contributed by atoms with Crippen LogP contribution in [0.3, 0.4) is 0 Å². The van der Waals surface area contributed by atoms with Crippen LogP contribution in [0, 0.1) is 0 Å². The predicted octanol–water partition coefficient (Wildman–Crippen LogP) is 6.65. The number of ketones is 1. The summed E-state index contributed by atoms with van der Waals surface area (Å²) in [6.07, 6.45) is 5.46. The Morgan fingerprint density at radius 1 is 1.00 bits per heavy atom. The molecular formula is C18H21Cl5N5O3P. The standard InChI is InChI=1S/C9H10N2O2.C8H7Cl2N3.CH4.Cl3OP/c1-2-6-5-10-11-8(6)3-7(12)4-9(11)13;1-2-5-4-11-13-7(10)3-6(9)12-8(5)13;;1-5(2,3)4/h5H,2-4H2,1H3;3-4H,2H2,1H3;1H4;. The molecule has 14 heteroatoms. The molecule has 4 heterocycles. The summed E-state index contributed by atoms with van der Waals surface area (Å²) >= 11 is 25.5.